The zero-order chi connectivity index (χ0) is 14.2. The highest BCUT2D eigenvalue weighted by Gasteiger charge is 1.92. The van der Waals surface area contributed by atoms with E-state index in [4.69, 9.17) is 4.42 Å². The zero-order valence-corrected chi connectivity index (χ0v) is 11.3. The van der Waals surface area contributed by atoms with Crippen LogP contribution in [0.15, 0.2) is 53.3 Å². The number of hydrogen-bond acceptors (Lipinski definition) is 5. The summed E-state index contributed by atoms with van der Waals surface area (Å²) < 4.78 is 4.92. The SMILES string of the molecule is CN.CN.CN.c1ccc(Nc2ccoc2)cc1. The molecule has 1 aromatic carbocycles. The van der Waals surface area contributed by atoms with E-state index in [0.29, 0.717) is 0 Å². The molecule has 5 nitrogen and oxygen atoms in total. The van der Waals surface area contributed by atoms with E-state index in [1.54, 1.807) is 12.5 Å². The average Bonchev–Trinajstić information content (AvgIpc) is 2.99. The molecule has 0 spiro atoms. The molecule has 0 atom stereocenters. The van der Waals surface area contributed by atoms with Gasteiger partial charge in [0.05, 0.1) is 12.0 Å². The summed E-state index contributed by atoms with van der Waals surface area (Å²) in [6.45, 7) is 0. The molecule has 1 heterocycles. The third-order valence-electron chi connectivity index (χ3n) is 1.58. The maximum atomic E-state index is 4.92. The number of hydrogen-bond donors (Lipinski definition) is 4. The number of benzene rings is 1. The van der Waals surface area contributed by atoms with E-state index in [-0.39, 0.29) is 0 Å². The van der Waals surface area contributed by atoms with Gasteiger partial charge in [0.25, 0.3) is 0 Å². The van der Waals surface area contributed by atoms with Gasteiger partial charge in [0.2, 0.25) is 0 Å². The van der Waals surface area contributed by atoms with E-state index in [9.17, 15) is 0 Å². The summed E-state index contributed by atoms with van der Waals surface area (Å²) in [6.07, 6.45) is 3.32. The molecule has 0 saturated carbocycles. The van der Waals surface area contributed by atoms with Gasteiger partial charge in [-0.15, -0.1) is 0 Å². The van der Waals surface area contributed by atoms with Crippen molar-refractivity contribution in [1.29, 1.82) is 0 Å². The molecular weight excluding hydrogens is 228 g/mol. The van der Waals surface area contributed by atoms with Gasteiger partial charge in [0, 0.05) is 5.69 Å². The van der Waals surface area contributed by atoms with Crippen molar-refractivity contribution in [3.63, 3.8) is 0 Å². The Labute approximate surface area is 109 Å². The van der Waals surface area contributed by atoms with Gasteiger partial charge in [0.1, 0.15) is 6.26 Å². The van der Waals surface area contributed by atoms with E-state index in [0.717, 1.165) is 11.4 Å². The molecule has 5 heteroatoms. The number of anilines is 2. The fraction of sp³-hybridized carbons (Fsp3) is 0.231. The molecule has 2 rings (SSSR count). The van der Waals surface area contributed by atoms with Crippen LogP contribution in [0.4, 0.5) is 11.4 Å². The van der Waals surface area contributed by atoms with Crippen molar-refractivity contribution in [2.45, 2.75) is 0 Å². The van der Waals surface area contributed by atoms with E-state index in [1.165, 1.54) is 21.1 Å². The normalized spacial score (nSPS) is 7.44. The quantitative estimate of drug-likeness (QED) is 0.652. The molecule has 0 bridgehead atoms. The molecule has 0 aliphatic carbocycles. The lowest BCUT2D eigenvalue weighted by Crippen LogP contribution is -1.85. The molecule has 0 amide bonds. The Morgan fingerprint density at radius 1 is 0.778 bits per heavy atom. The Kier molecular flexibility index (Phi) is 15.6. The second kappa shape index (κ2) is 15.2. The van der Waals surface area contributed by atoms with E-state index >= 15 is 0 Å². The lowest BCUT2D eigenvalue weighted by atomic mass is 10.3. The molecule has 1 aromatic heterocycles. The van der Waals surface area contributed by atoms with Gasteiger partial charge < -0.3 is 26.9 Å². The van der Waals surface area contributed by atoms with E-state index < -0.39 is 0 Å². The average molecular weight is 252 g/mol. The van der Waals surface area contributed by atoms with Crippen LogP contribution in [0.5, 0.6) is 0 Å². The van der Waals surface area contributed by atoms with Crippen molar-refractivity contribution >= 4 is 11.4 Å². The first-order valence-corrected chi connectivity index (χ1v) is 5.52. The number of para-hydroxylation sites is 1. The van der Waals surface area contributed by atoms with Crippen LogP contribution in [0, 0.1) is 0 Å². The number of furan rings is 1. The van der Waals surface area contributed by atoms with Gasteiger partial charge in [-0.25, -0.2) is 0 Å². The third-order valence-corrected chi connectivity index (χ3v) is 1.58. The summed E-state index contributed by atoms with van der Waals surface area (Å²) in [7, 11) is 4.50. The highest BCUT2D eigenvalue weighted by Crippen LogP contribution is 2.15. The number of rotatable bonds is 2. The van der Waals surface area contributed by atoms with Gasteiger partial charge >= 0.3 is 0 Å². The summed E-state index contributed by atoms with van der Waals surface area (Å²) >= 11 is 0. The van der Waals surface area contributed by atoms with Crippen molar-refractivity contribution in [2.24, 2.45) is 17.2 Å². The fourth-order valence-corrected chi connectivity index (χ4v) is 1.02. The van der Waals surface area contributed by atoms with Crippen LogP contribution >= 0.6 is 0 Å². The second-order valence-corrected chi connectivity index (χ2v) is 2.50. The Morgan fingerprint density at radius 3 is 1.78 bits per heavy atom. The third kappa shape index (κ3) is 8.35. The maximum Gasteiger partial charge on any atom is 0.114 e. The van der Waals surface area contributed by atoms with Crippen molar-refractivity contribution in [3.05, 3.63) is 48.9 Å². The van der Waals surface area contributed by atoms with Gasteiger partial charge in [-0.2, -0.15) is 0 Å². The first-order valence-electron chi connectivity index (χ1n) is 5.52. The maximum absolute atomic E-state index is 4.92. The van der Waals surface area contributed by atoms with Crippen molar-refractivity contribution in [1.82, 2.24) is 0 Å². The topological polar surface area (TPSA) is 103 Å². The number of nitrogens with two attached hydrogens (primary N) is 3. The molecular formula is C13H24N4O. The van der Waals surface area contributed by atoms with Crippen LogP contribution in [0.25, 0.3) is 0 Å². The predicted molar refractivity (Wildman–Crippen MR) is 78.8 cm³/mol. The number of nitrogens with one attached hydrogen (secondary N) is 1. The Balaban J connectivity index is 0. The Morgan fingerprint density at radius 2 is 1.33 bits per heavy atom. The van der Waals surface area contributed by atoms with E-state index in [2.05, 4.69) is 22.5 Å². The molecule has 7 N–H and O–H groups in total. The lowest BCUT2D eigenvalue weighted by Gasteiger charge is -2.00. The largest absolute Gasteiger partial charge is 0.470 e. The van der Waals surface area contributed by atoms with Crippen molar-refractivity contribution in [3.8, 4) is 0 Å². The van der Waals surface area contributed by atoms with Gasteiger partial charge in [-0.3, -0.25) is 0 Å². The molecule has 18 heavy (non-hydrogen) atoms. The fourth-order valence-electron chi connectivity index (χ4n) is 1.02. The van der Waals surface area contributed by atoms with Gasteiger partial charge in [-0.1, -0.05) is 18.2 Å². The van der Waals surface area contributed by atoms with Crippen LogP contribution in [0.3, 0.4) is 0 Å². The van der Waals surface area contributed by atoms with Crippen LogP contribution in [0.1, 0.15) is 0 Å². The highest BCUT2D eigenvalue weighted by molar-refractivity contribution is 5.57. The molecule has 0 unspecified atom stereocenters. The summed E-state index contributed by atoms with van der Waals surface area (Å²) in [4.78, 5) is 0. The van der Waals surface area contributed by atoms with E-state index in [1.807, 2.05) is 36.4 Å². The first-order chi connectivity index (χ1) is 8.95. The molecule has 0 fully saturated rings. The minimum Gasteiger partial charge on any atom is -0.470 e. The molecule has 0 aliphatic heterocycles. The summed E-state index contributed by atoms with van der Waals surface area (Å²) in [5.74, 6) is 0. The van der Waals surface area contributed by atoms with Gasteiger partial charge in [0.15, 0.2) is 0 Å². The first kappa shape index (κ1) is 18.5. The molecule has 0 aliphatic rings. The lowest BCUT2D eigenvalue weighted by molar-refractivity contribution is 0.568. The van der Waals surface area contributed by atoms with Crippen LogP contribution in [-0.4, -0.2) is 21.1 Å². The summed E-state index contributed by atoms with van der Waals surface area (Å²) in [6, 6.07) is 11.9. The summed E-state index contributed by atoms with van der Waals surface area (Å²) in [5.41, 5.74) is 15.5. The minimum absolute atomic E-state index is 0.973. The Hall–Kier alpha value is -1.82. The zero-order valence-electron chi connectivity index (χ0n) is 11.3. The second-order valence-electron chi connectivity index (χ2n) is 2.50. The molecule has 102 valence electrons. The predicted octanol–water partition coefficient (Wildman–Crippen LogP) is 1.75. The smallest absolute Gasteiger partial charge is 0.114 e. The summed E-state index contributed by atoms with van der Waals surface area (Å²) in [5, 5.41) is 3.19. The Bertz CT molecular complexity index is 335. The minimum atomic E-state index is 0.973. The van der Waals surface area contributed by atoms with Gasteiger partial charge in [-0.05, 0) is 39.3 Å². The molecule has 2 aromatic rings. The standard InChI is InChI=1S/C10H9NO.3CH5N/c1-2-4-9(5-3-1)11-10-6-7-12-8-10;3*1-2/h1-8,11H;3*2H2,1H3. The molecule has 0 radical (unpaired) electrons. The van der Waals surface area contributed by atoms with Crippen molar-refractivity contribution < 1.29 is 4.42 Å². The highest BCUT2D eigenvalue weighted by atomic mass is 16.3. The van der Waals surface area contributed by atoms with Crippen molar-refractivity contribution in [2.75, 3.05) is 26.5 Å². The van der Waals surface area contributed by atoms with Crippen LogP contribution in [-0.2, 0) is 0 Å². The molecule has 0 saturated heterocycles. The van der Waals surface area contributed by atoms with Crippen LogP contribution < -0.4 is 22.5 Å². The van der Waals surface area contributed by atoms with Crippen LogP contribution in [0.2, 0.25) is 0 Å². The monoisotopic (exact) mass is 252 g/mol.